The van der Waals surface area contributed by atoms with Gasteiger partial charge < -0.3 is 4.80 Å². The Labute approximate surface area is 47.7 Å². The summed E-state index contributed by atoms with van der Waals surface area (Å²) in [6, 6.07) is 0. The van der Waals surface area contributed by atoms with Gasteiger partial charge in [-0.15, -0.1) is 13.2 Å². The minimum atomic E-state index is -1.98. The summed E-state index contributed by atoms with van der Waals surface area (Å²) in [6.07, 6.45) is 0. The molecule has 0 aliphatic carbocycles. The molecule has 0 amide bonds. The van der Waals surface area contributed by atoms with Gasteiger partial charge in [-0.05, 0) is 0 Å². The summed E-state index contributed by atoms with van der Waals surface area (Å²) >= 11 is 0. The van der Waals surface area contributed by atoms with Gasteiger partial charge in [-0.25, -0.2) is 0 Å². The van der Waals surface area contributed by atoms with Crippen LogP contribution in [-0.2, 0) is 0 Å². The quantitative estimate of drug-likeness (QED) is 0.487. The van der Waals surface area contributed by atoms with Crippen molar-refractivity contribution in [3.63, 3.8) is 0 Å². The molecule has 40 valence electrons. The Morgan fingerprint density at radius 1 is 1.43 bits per heavy atom. The Kier molecular flexibility index (Phi) is 2.21. The molecule has 1 N–H and O–H groups in total. The first-order valence-electron chi connectivity index (χ1n) is 2.12. The van der Waals surface area contributed by atoms with E-state index in [0.29, 0.717) is 0 Å². The van der Waals surface area contributed by atoms with Gasteiger partial charge in [0.15, 0.2) is 0 Å². The zero-order valence-corrected chi connectivity index (χ0v) is 7.52. The van der Waals surface area contributed by atoms with Gasteiger partial charge in [0.05, 0.1) is 0 Å². The molecular weight excluding hydrogens is 120 g/mol. The van der Waals surface area contributed by atoms with Crippen molar-refractivity contribution in [1.82, 2.24) is 0 Å². The molecule has 0 aromatic heterocycles. The van der Waals surface area contributed by atoms with Gasteiger partial charge >= 0.3 is 0 Å². The predicted molar refractivity (Wildman–Crippen MR) is 38.3 cm³/mol. The summed E-state index contributed by atoms with van der Waals surface area (Å²) in [5.74, 6) is 0. The van der Waals surface area contributed by atoms with Crippen LogP contribution in [0, 0.1) is 0 Å². The number of hydrogen-bond donors (Lipinski definition) is 1. The first-order valence-corrected chi connectivity index (χ1v) is 7.72. The van der Waals surface area contributed by atoms with E-state index >= 15 is 0 Å². The Bertz CT molecular complexity index is 77.7. The van der Waals surface area contributed by atoms with Crippen LogP contribution in [0.2, 0.25) is 0 Å². The van der Waals surface area contributed by atoms with Crippen molar-refractivity contribution in [1.29, 1.82) is 0 Å². The molecule has 0 spiro atoms. The third-order valence-corrected chi connectivity index (χ3v) is 4.93. The topological polar surface area (TPSA) is 20.2 Å². The molecule has 0 aromatic carbocycles. The minimum Gasteiger partial charge on any atom is -0.428 e. The highest BCUT2D eigenvalue weighted by Gasteiger charge is 2.11. The molecule has 0 aromatic rings. The predicted octanol–water partition coefficient (Wildman–Crippen LogP) is -0.763. The van der Waals surface area contributed by atoms with Gasteiger partial charge in [0.25, 0.3) is 0 Å². The lowest BCUT2D eigenvalue weighted by molar-refractivity contribution is 0.589. The Balaban J connectivity index is 3.82. The maximum atomic E-state index is 9.10. The summed E-state index contributed by atoms with van der Waals surface area (Å²) in [5, 5.41) is 0. The van der Waals surface area contributed by atoms with Crippen LogP contribution in [0.4, 0.5) is 0 Å². The summed E-state index contributed by atoms with van der Waals surface area (Å²) in [5.41, 5.74) is 3.26. The van der Waals surface area contributed by atoms with Crippen LogP contribution < -0.4 is 0 Å². The van der Waals surface area contributed by atoms with E-state index < -0.39 is 7.83 Å². The van der Waals surface area contributed by atoms with Crippen molar-refractivity contribution in [3.8, 4) is 0 Å². The highest BCUT2D eigenvalue weighted by molar-refractivity contribution is 7.18. The molecule has 0 saturated carbocycles. The van der Waals surface area contributed by atoms with Crippen molar-refractivity contribution in [2.24, 2.45) is 0 Å². The SMILES string of the molecule is C=C[Si](O)([SiH3])C=C. The Morgan fingerprint density at radius 3 is 1.71 bits per heavy atom. The minimum absolute atomic E-state index is 0.808. The second-order valence-corrected chi connectivity index (χ2v) is 9.71. The lowest BCUT2D eigenvalue weighted by atomic mass is 11.2. The van der Waals surface area contributed by atoms with Crippen molar-refractivity contribution < 1.29 is 4.80 Å². The zero-order valence-electron chi connectivity index (χ0n) is 4.52. The maximum absolute atomic E-state index is 9.10. The van der Waals surface area contributed by atoms with Gasteiger partial charge in [-0.3, -0.25) is 0 Å². The van der Waals surface area contributed by atoms with Crippen LogP contribution in [0.1, 0.15) is 0 Å². The number of hydrogen-bond acceptors (Lipinski definition) is 1. The molecule has 0 aliphatic heterocycles. The summed E-state index contributed by atoms with van der Waals surface area (Å²) in [7, 11) is -1.18. The van der Waals surface area contributed by atoms with Crippen molar-refractivity contribution in [3.05, 3.63) is 24.6 Å². The molecule has 0 bridgehead atoms. The molecule has 0 unspecified atom stereocenters. The molecule has 0 saturated heterocycles. The van der Waals surface area contributed by atoms with Gasteiger partial charge in [0.1, 0.15) is 0 Å². The van der Waals surface area contributed by atoms with Gasteiger partial charge in [-0.2, -0.15) is 0 Å². The molecule has 0 heterocycles. The molecule has 7 heavy (non-hydrogen) atoms. The molecule has 1 nitrogen and oxygen atoms in total. The normalized spacial score (nSPS) is 11.0. The fraction of sp³-hybridized carbons (Fsp3) is 0. The third kappa shape index (κ3) is 2.55. The molecule has 0 aliphatic rings. The van der Waals surface area contributed by atoms with E-state index in [9.17, 15) is 0 Å². The van der Waals surface area contributed by atoms with Crippen LogP contribution in [0.15, 0.2) is 24.6 Å². The largest absolute Gasteiger partial charge is 0.428 e. The molecule has 0 fully saturated rings. The fourth-order valence-corrected chi connectivity index (χ4v) is 0.250. The molecule has 0 atom stereocenters. The van der Waals surface area contributed by atoms with E-state index in [1.807, 2.05) is 0 Å². The average Bonchev–Trinajstić information content (AvgIpc) is 1.68. The molecular formula is C4H10OSi2. The lowest BCUT2D eigenvalue weighted by Gasteiger charge is -2.05. The molecule has 0 rings (SSSR count). The van der Waals surface area contributed by atoms with E-state index in [1.54, 1.807) is 11.4 Å². The van der Waals surface area contributed by atoms with E-state index in [4.69, 9.17) is 4.80 Å². The first-order chi connectivity index (χ1) is 3.12. The third-order valence-electron chi connectivity index (χ3n) is 0.827. The summed E-state index contributed by atoms with van der Waals surface area (Å²) < 4.78 is 0. The van der Waals surface area contributed by atoms with E-state index in [1.165, 1.54) is 0 Å². The second-order valence-electron chi connectivity index (χ2n) is 1.63. The second kappa shape index (κ2) is 2.25. The van der Waals surface area contributed by atoms with Gasteiger partial charge in [0, 0.05) is 9.76 Å². The van der Waals surface area contributed by atoms with Crippen molar-refractivity contribution in [2.45, 2.75) is 0 Å². The van der Waals surface area contributed by atoms with Crippen molar-refractivity contribution >= 4 is 17.6 Å². The smallest absolute Gasteiger partial charge is 0.210 e. The zero-order chi connectivity index (χ0) is 5.91. The Morgan fingerprint density at radius 2 is 1.71 bits per heavy atom. The number of rotatable bonds is 2. The first kappa shape index (κ1) is 6.87. The monoisotopic (exact) mass is 130 g/mol. The van der Waals surface area contributed by atoms with E-state index in [2.05, 4.69) is 13.2 Å². The molecule has 0 radical (unpaired) electrons. The standard InChI is InChI=1S/C4H10OSi2/c1-3-7(5,6)4-2/h3-5H,1-2H2,6H3. The highest BCUT2D eigenvalue weighted by atomic mass is 29.2. The molecule has 3 heteroatoms. The van der Waals surface area contributed by atoms with Crippen LogP contribution in [0.5, 0.6) is 0 Å². The summed E-state index contributed by atoms with van der Waals surface area (Å²) in [4.78, 5) is 9.10. The van der Waals surface area contributed by atoms with E-state index in [-0.39, 0.29) is 0 Å². The van der Waals surface area contributed by atoms with Crippen LogP contribution in [-0.4, -0.2) is 22.4 Å². The van der Waals surface area contributed by atoms with E-state index in [0.717, 1.165) is 9.76 Å². The van der Waals surface area contributed by atoms with Crippen LogP contribution in [0.25, 0.3) is 0 Å². The van der Waals surface area contributed by atoms with Gasteiger partial charge in [0.2, 0.25) is 7.83 Å². The van der Waals surface area contributed by atoms with Gasteiger partial charge in [-0.1, -0.05) is 11.4 Å². The highest BCUT2D eigenvalue weighted by Crippen LogP contribution is 1.90. The van der Waals surface area contributed by atoms with Crippen molar-refractivity contribution in [2.75, 3.05) is 0 Å². The average molecular weight is 130 g/mol. The maximum Gasteiger partial charge on any atom is 0.210 e. The van der Waals surface area contributed by atoms with Crippen LogP contribution >= 0.6 is 0 Å². The Hall–Kier alpha value is -0.126. The van der Waals surface area contributed by atoms with Crippen LogP contribution in [0.3, 0.4) is 0 Å². The fourth-order valence-electron chi connectivity index (χ4n) is 0.0833. The lowest BCUT2D eigenvalue weighted by Crippen LogP contribution is -2.29. The summed E-state index contributed by atoms with van der Waals surface area (Å²) in [6.45, 7) is 6.96.